The molecule has 1 rings (SSSR count). The number of rotatable bonds is 5. The number of hydrogen-bond donors (Lipinski definition) is 1. The average Bonchev–Trinajstić information content (AvgIpc) is 2.20. The first-order chi connectivity index (χ1) is 7.81. The third kappa shape index (κ3) is 4.73. The predicted molar refractivity (Wildman–Crippen MR) is 68.0 cm³/mol. The molecule has 0 saturated heterocycles. The minimum absolute atomic E-state index is 0.000315. The summed E-state index contributed by atoms with van der Waals surface area (Å²) in [6.45, 7) is 0. The summed E-state index contributed by atoms with van der Waals surface area (Å²) in [5.41, 5.74) is 0.188. The fourth-order valence-corrected chi connectivity index (χ4v) is 2.54. The van der Waals surface area contributed by atoms with Crippen LogP contribution in [0.2, 0.25) is 0 Å². The van der Waals surface area contributed by atoms with Gasteiger partial charge in [-0.25, -0.2) is 12.8 Å². The minimum Gasteiger partial charge on any atom is -0.388 e. The number of aliphatic hydroxyl groups is 1. The van der Waals surface area contributed by atoms with E-state index in [0.717, 1.165) is 6.26 Å². The number of hydrogen-bond acceptors (Lipinski definition) is 3. The van der Waals surface area contributed by atoms with Crippen molar-refractivity contribution in [3.63, 3.8) is 0 Å². The molecule has 0 amide bonds. The van der Waals surface area contributed by atoms with E-state index < -0.39 is 21.8 Å². The minimum atomic E-state index is -3.03. The van der Waals surface area contributed by atoms with E-state index in [1.165, 1.54) is 6.07 Å². The third-order valence-electron chi connectivity index (χ3n) is 2.33. The summed E-state index contributed by atoms with van der Waals surface area (Å²) in [5, 5.41) is 9.77. The summed E-state index contributed by atoms with van der Waals surface area (Å²) in [5.74, 6) is -0.501. The van der Waals surface area contributed by atoms with Crippen LogP contribution in [0.4, 0.5) is 4.39 Å². The Hall–Kier alpha value is -0.460. The molecule has 0 fully saturated rings. The SMILES string of the molecule is CS(=O)(=O)CCCC(O)c1cccc(Br)c1F. The normalized spacial score (nSPS) is 13.6. The summed E-state index contributed by atoms with van der Waals surface area (Å²) >= 11 is 3.03. The summed E-state index contributed by atoms with van der Waals surface area (Å²) in [6, 6.07) is 4.66. The molecule has 0 radical (unpaired) electrons. The van der Waals surface area contributed by atoms with E-state index >= 15 is 0 Å². The first kappa shape index (κ1) is 14.6. The van der Waals surface area contributed by atoms with E-state index in [1.54, 1.807) is 12.1 Å². The highest BCUT2D eigenvalue weighted by Gasteiger charge is 2.15. The molecule has 0 saturated carbocycles. The van der Waals surface area contributed by atoms with Crippen molar-refractivity contribution in [1.29, 1.82) is 0 Å². The smallest absolute Gasteiger partial charge is 0.147 e. The molecule has 6 heteroatoms. The maximum Gasteiger partial charge on any atom is 0.147 e. The molecule has 0 aliphatic rings. The zero-order valence-electron chi connectivity index (χ0n) is 9.36. The molecule has 1 N–H and O–H groups in total. The first-order valence-corrected chi connectivity index (χ1v) is 7.96. The Labute approximate surface area is 109 Å². The van der Waals surface area contributed by atoms with Crippen LogP contribution in [0.5, 0.6) is 0 Å². The molecule has 0 bridgehead atoms. The van der Waals surface area contributed by atoms with Gasteiger partial charge in [0.2, 0.25) is 0 Å². The van der Waals surface area contributed by atoms with Crippen molar-refractivity contribution in [2.24, 2.45) is 0 Å². The van der Waals surface area contributed by atoms with Crippen LogP contribution in [0.25, 0.3) is 0 Å². The third-order valence-corrected chi connectivity index (χ3v) is 3.98. The molecular formula is C11H14BrFO3S. The molecule has 0 aliphatic carbocycles. The van der Waals surface area contributed by atoms with Crippen LogP contribution >= 0.6 is 15.9 Å². The lowest BCUT2D eigenvalue weighted by molar-refractivity contribution is 0.162. The lowest BCUT2D eigenvalue weighted by Gasteiger charge is -2.12. The first-order valence-electron chi connectivity index (χ1n) is 5.11. The van der Waals surface area contributed by atoms with Gasteiger partial charge in [-0.1, -0.05) is 12.1 Å². The maximum absolute atomic E-state index is 13.6. The molecule has 3 nitrogen and oxygen atoms in total. The second-order valence-electron chi connectivity index (χ2n) is 3.93. The van der Waals surface area contributed by atoms with Gasteiger partial charge in [0.05, 0.1) is 10.6 Å². The molecule has 0 heterocycles. The Balaban J connectivity index is 2.64. The molecule has 96 valence electrons. The molecule has 1 aromatic rings. The van der Waals surface area contributed by atoms with Gasteiger partial charge < -0.3 is 5.11 Å². The van der Waals surface area contributed by atoms with Gasteiger partial charge in [0.15, 0.2) is 0 Å². The van der Waals surface area contributed by atoms with Gasteiger partial charge in [-0.05, 0) is 34.8 Å². The quantitative estimate of drug-likeness (QED) is 0.905. The van der Waals surface area contributed by atoms with Crippen LogP contribution in [0.15, 0.2) is 22.7 Å². The molecule has 1 unspecified atom stereocenters. The Morgan fingerprint density at radius 2 is 2.12 bits per heavy atom. The molecule has 1 aromatic carbocycles. The summed E-state index contributed by atoms with van der Waals surface area (Å²) < 4.78 is 35.7. The predicted octanol–water partition coefficient (Wildman–Crippen LogP) is 2.45. The van der Waals surface area contributed by atoms with Gasteiger partial charge >= 0.3 is 0 Å². The fraction of sp³-hybridized carbons (Fsp3) is 0.455. The second-order valence-corrected chi connectivity index (χ2v) is 7.05. The number of sulfone groups is 1. The Bertz CT molecular complexity index is 487. The van der Waals surface area contributed by atoms with E-state index in [9.17, 15) is 17.9 Å². The summed E-state index contributed by atoms with van der Waals surface area (Å²) in [4.78, 5) is 0. The summed E-state index contributed by atoms with van der Waals surface area (Å²) in [6.07, 6.45) is 0.695. The number of halogens is 2. The topological polar surface area (TPSA) is 54.4 Å². The van der Waals surface area contributed by atoms with Gasteiger partial charge in [0.1, 0.15) is 15.7 Å². The van der Waals surface area contributed by atoms with Gasteiger partial charge in [-0.2, -0.15) is 0 Å². The van der Waals surface area contributed by atoms with Crippen LogP contribution in [0.3, 0.4) is 0 Å². The van der Waals surface area contributed by atoms with Gasteiger partial charge in [0, 0.05) is 17.6 Å². The molecule has 1 atom stereocenters. The molecular weight excluding hydrogens is 311 g/mol. The second kappa shape index (κ2) is 5.93. The highest BCUT2D eigenvalue weighted by atomic mass is 79.9. The fourth-order valence-electron chi connectivity index (χ4n) is 1.47. The lowest BCUT2D eigenvalue weighted by atomic mass is 10.1. The Morgan fingerprint density at radius 1 is 1.47 bits per heavy atom. The number of aliphatic hydroxyl groups excluding tert-OH is 1. The van der Waals surface area contributed by atoms with E-state index in [4.69, 9.17) is 0 Å². The van der Waals surface area contributed by atoms with Crippen molar-refractivity contribution < 1.29 is 17.9 Å². The number of benzene rings is 1. The van der Waals surface area contributed by atoms with Crippen molar-refractivity contribution in [2.45, 2.75) is 18.9 Å². The lowest BCUT2D eigenvalue weighted by Crippen LogP contribution is -2.07. The van der Waals surface area contributed by atoms with Gasteiger partial charge in [0.25, 0.3) is 0 Å². The van der Waals surface area contributed by atoms with Crippen molar-refractivity contribution in [1.82, 2.24) is 0 Å². The zero-order chi connectivity index (χ0) is 13.1. The van der Waals surface area contributed by atoms with E-state index in [-0.39, 0.29) is 22.2 Å². The van der Waals surface area contributed by atoms with Gasteiger partial charge in [-0.15, -0.1) is 0 Å². The Kier molecular flexibility index (Phi) is 5.09. The average molecular weight is 325 g/mol. The summed E-state index contributed by atoms with van der Waals surface area (Å²) in [7, 11) is -3.03. The van der Waals surface area contributed by atoms with Crippen LogP contribution in [-0.2, 0) is 9.84 Å². The van der Waals surface area contributed by atoms with E-state index in [2.05, 4.69) is 15.9 Å². The Morgan fingerprint density at radius 3 is 2.71 bits per heavy atom. The van der Waals surface area contributed by atoms with Gasteiger partial charge in [-0.3, -0.25) is 0 Å². The zero-order valence-corrected chi connectivity index (χ0v) is 11.8. The van der Waals surface area contributed by atoms with E-state index in [0.29, 0.717) is 6.42 Å². The molecule has 0 spiro atoms. The van der Waals surface area contributed by atoms with E-state index in [1.807, 2.05) is 0 Å². The van der Waals surface area contributed by atoms with Crippen LogP contribution < -0.4 is 0 Å². The van der Waals surface area contributed by atoms with Crippen LogP contribution in [0, 0.1) is 5.82 Å². The standard InChI is InChI=1S/C11H14BrFO3S/c1-17(15,16)7-3-6-10(14)8-4-2-5-9(12)11(8)13/h2,4-5,10,14H,3,6-7H2,1H3. The maximum atomic E-state index is 13.6. The van der Waals surface area contributed by atoms with Crippen molar-refractivity contribution >= 4 is 25.8 Å². The molecule has 0 aliphatic heterocycles. The largest absolute Gasteiger partial charge is 0.388 e. The molecule has 0 aromatic heterocycles. The highest BCUT2D eigenvalue weighted by Crippen LogP contribution is 2.26. The van der Waals surface area contributed by atoms with Crippen molar-refractivity contribution in [3.8, 4) is 0 Å². The van der Waals surface area contributed by atoms with Crippen molar-refractivity contribution in [3.05, 3.63) is 34.1 Å². The van der Waals surface area contributed by atoms with Crippen molar-refractivity contribution in [2.75, 3.05) is 12.0 Å². The monoisotopic (exact) mass is 324 g/mol. The highest BCUT2D eigenvalue weighted by molar-refractivity contribution is 9.10. The van der Waals surface area contributed by atoms with Crippen LogP contribution in [0.1, 0.15) is 24.5 Å². The molecule has 17 heavy (non-hydrogen) atoms. The van der Waals surface area contributed by atoms with Crippen LogP contribution in [-0.4, -0.2) is 25.5 Å².